The summed E-state index contributed by atoms with van der Waals surface area (Å²) in [4.78, 5) is 34.8. The molecular formula is C22H18N4O4S3. The summed E-state index contributed by atoms with van der Waals surface area (Å²) >= 11 is 2.94. The van der Waals surface area contributed by atoms with Gasteiger partial charge in [-0.2, -0.15) is 0 Å². The van der Waals surface area contributed by atoms with Gasteiger partial charge in [0.05, 0.1) is 27.5 Å². The van der Waals surface area contributed by atoms with Gasteiger partial charge < -0.3 is 10.6 Å². The van der Waals surface area contributed by atoms with Crippen LogP contribution in [0.15, 0.2) is 56.7 Å². The van der Waals surface area contributed by atoms with E-state index in [2.05, 4.69) is 20.6 Å². The van der Waals surface area contributed by atoms with Crippen LogP contribution in [-0.2, 0) is 21.2 Å². The molecule has 168 valence electrons. The maximum absolute atomic E-state index is 13.2. The highest BCUT2D eigenvalue weighted by molar-refractivity contribution is 7.95. The topological polar surface area (TPSA) is 118 Å². The van der Waals surface area contributed by atoms with Crippen LogP contribution in [0.4, 0.5) is 5.69 Å². The molecule has 0 saturated heterocycles. The number of Topliss-reactive ketones (excluding diaryl/α,β-unsaturated/α-hetero) is 1. The van der Waals surface area contributed by atoms with Crippen molar-refractivity contribution in [3.05, 3.63) is 67.9 Å². The zero-order valence-corrected chi connectivity index (χ0v) is 19.9. The molecule has 0 radical (unpaired) electrons. The van der Waals surface area contributed by atoms with Crippen molar-refractivity contribution in [2.45, 2.75) is 24.8 Å². The lowest BCUT2D eigenvalue weighted by Crippen LogP contribution is -2.24. The number of nitrogens with one attached hydrogen (secondary N) is 2. The molecule has 1 aliphatic heterocycles. The van der Waals surface area contributed by atoms with Gasteiger partial charge in [0.2, 0.25) is 9.84 Å². The molecule has 2 aliphatic rings. The number of benzene rings is 1. The lowest BCUT2D eigenvalue weighted by Gasteiger charge is -2.15. The van der Waals surface area contributed by atoms with E-state index in [4.69, 9.17) is 0 Å². The molecule has 1 amide bonds. The largest absolute Gasteiger partial charge is 0.379 e. The van der Waals surface area contributed by atoms with E-state index in [0.717, 1.165) is 15.6 Å². The van der Waals surface area contributed by atoms with Crippen molar-refractivity contribution >= 4 is 49.9 Å². The zero-order chi connectivity index (χ0) is 23.2. The fourth-order valence-electron chi connectivity index (χ4n) is 3.83. The Morgan fingerprint density at radius 2 is 2.12 bits per heavy atom. The molecule has 2 aromatic heterocycles. The average molecular weight is 499 g/mol. The van der Waals surface area contributed by atoms with Gasteiger partial charge in [0.1, 0.15) is 10.7 Å². The van der Waals surface area contributed by atoms with Crippen molar-refractivity contribution in [1.82, 2.24) is 15.3 Å². The van der Waals surface area contributed by atoms with Crippen molar-refractivity contribution < 1.29 is 18.0 Å². The first-order valence-electron chi connectivity index (χ1n) is 10.0. The molecule has 3 aromatic rings. The fourth-order valence-corrected chi connectivity index (χ4v) is 7.03. The first kappa shape index (κ1) is 21.7. The maximum Gasteiger partial charge on any atom is 0.251 e. The minimum absolute atomic E-state index is 0.0303. The Hall–Kier alpha value is -3.15. The highest BCUT2D eigenvalue weighted by Gasteiger charge is 2.33. The van der Waals surface area contributed by atoms with Gasteiger partial charge in [-0.1, -0.05) is 6.08 Å². The van der Waals surface area contributed by atoms with Crippen molar-refractivity contribution in [3.8, 4) is 10.7 Å². The molecule has 1 aliphatic carbocycles. The quantitative estimate of drug-likeness (QED) is 0.565. The van der Waals surface area contributed by atoms with Crippen LogP contribution in [-0.4, -0.2) is 36.6 Å². The molecule has 0 bridgehead atoms. The normalized spacial score (nSPS) is 16.6. The van der Waals surface area contributed by atoms with Crippen molar-refractivity contribution in [2.24, 2.45) is 0 Å². The highest BCUT2D eigenvalue weighted by atomic mass is 32.2. The Morgan fingerprint density at radius 1 is 1.27 bits per heavy atom. The van der Waals surface area contributed by atoms with E-state index >= 15 is 0 Å². The highest BCUT2D eigenvalue weighted by Crippen LogP contribution is 2.37. The second kappa shape index (κ2) is 8.32. The van der Waals surface area contributed by atoms with Crippen molar-refractivity contribution in [3.63, 3.8) is 0 Å². The molecule has 1 aromatic carbocycles. The van der Waals surface area contributed by atoms with Crippen LogP contribution in [0.2, 0.25) is 0 Å². The van der Waals surface area contributed by atoms with E-state index in [1.807, 2.05) is 5.38 Å². The molecule has 0 saturated carbocycles. The first-order valence-corrected chi connectivity index (χ1v) is 13.3. The summed E-state index contributed by atoms with van der Waals surface area (Å²) in [6, 6.07) is 2.94. The molecule has 0 fully saturated rings. The van der Waals surface area contributed by atoms with Crippen molar-refractivity contribution in [1.29, 1.82) is 0 Å². The number of anilines is 1. The zero-order valence-electron chi connectivity index (χ0n) is 17.4. The first-order chi connectivity index (χ1) is 15.9. The van der Waals surface area contributed by atoms with Gasteiger partial charge >= 0.3 is 0 Å². The molecule has 11 heteroatoms. The van der Waals surface area contributed by atoms with Gasteiger partial charge in [-0.15, -0.1) is 22.7 Å². The number of nitrogens with zero attached hydrogens (tertiary/aromatic N) is 2. The summed E-state index contributed by atoms with van der Waals surface area (Å²) in [6.07, 6.45) is 4.95. The van der Waals surface area contributed by atoms with Gasteiger partial charge in [-0.3, -0.25) is 9.59 Å². The van der Waals surface area contributed by atoms with E-state index in [0.29, 0.717) is 16.8 Å². The molecule has 8 nitrogen and oxygen atoms in total. The number of amides is 1. The number of fused-ring (bicyclic) bond motifs is 1. The van der Waals surface area contributed by atoms with E-state index in [-0.39, 0.29) is 46.6 Å². The predicted molar refractivity (Wildman–Crippen MR) is 127 cm³/mol. The maximum atomic E-state index is 13.2. The Kier molecular flexibility index (Phi) is 5.47. The van der Waals surface area contributed by atoms with Crippen LogP contribution in [0.3, 0.4) is 0 Å². The fraction of sp³-hybridized carbons (Fsp3) is 0.182. The number of hydrogen-bond donors (Lipinski definition) is 2. The van der Waals surface area contributed by atoms with Gasteiger partial charge in [0.15, 0.2) is 5.78 Å². The number of carbonyl (C=O) groups is 2. The number of rotatable bonds is 4. The Balaban J connectivity index is 1.39. The second-order valence-corrected chi connectivity index (χ2v) is 11.2. The minimum Gasteiger partial charge on any atom is -0.379 e. The molecule has 33 heavy (non-hydrogen) atoms. The Labute approximate surface area is 198 Å². The number of carbonyl (C=O) groups excluding carboxylic acids is 2. The lowest BCUT2D eigenvalue weighted by molar-refractivity contribution is -0.114. The molecule has 2 N–H and O–H groups in total. The van der Waals surface area contributed by atoms with Crippen LogP contribution >= 0.6 is 22.7 Å². The molecule has 3 heterocycles. The third-order valence-corrected chi connectivity index (χ3v) is 9.01. The number of allylic oxidation sites excluding steroid dienone is 2. The molecule has 0 unspecified atom stereocenters. The van der Waals surface area contributed by atoms with E-state index < -0.39 is 9.84 Å². The molecule has 0 spiro atoms. The van der Waals surface area contributed by atoms with Gasteiger partial charge in [0, 0.05) is 40.6 Å². The Morgan fingerprint density at radius 3 is 2.91 bits per heavy atom. The van der Waals surface area contributed by atoms with Crippen LogP contribution in [0, 0.1) is 6.92 Å². The number of sulfone groups is 1. The third kappa shape index (κ3) is 3.81. The van der Waals surface area contributed by atoms with E-state index in [1.54, 1.807) is 24.7 Å². The SMILES string of the molecule is Cc1c(C(=O)NCc2cnc(-c3cscn3)s2)ccc2c1NCC1=C(C=CCC1=O)S2(=O)=O. The van der Waals surface area contributed by atoms with Crippen molar-refractivity contribution in [2.75, 3.05) is 11.9 Å². The van der Waals surface area contributed by atoms with E-state index in [9.17, 15) is 18.0 Å². The second-order valence-electron chi connectivity index (χ2n) is 7.53. The summed E-state index contributed by atoms with van der Waals surface area (Å²) in [7, 11) is -3.89. The van der Waals surface area contributed by atoms with Crippen LogP contribution in [0.25, 0.3) is 10.7 Å². The van der Waals surface area contributed by atoms with Crippen LogP contribution in [0.5, 0.6) is 0 Å². The monoisotopic (exact) mass is 498 g/mol. The summed E-state index contributed by atoms with van der Waals surface area (Å²) in [5.41, 5.74) is 4.02. The smallest absolute Gasteiger partial charge is 0.251 e. The number of ketones is 1. The molecule has 5 rings (SSSR count). The van der Waals surface area contributed by atoms with E-state index in [1.165, 1.54) is 40.9 Å². The number of aromatic nitrogens is 2. The third-order valence-electron chi connectivity index (χ3n) is 5.53. The minimum atomic E-state index is -3.89. The lowest BCUT2D eigenvalue weighted by atomic mass is 10.0. The van der Waals surface area contributed by atoms with Gasteiger partial charge in [-0.25, -0.2) is 18.4 Å². The summed E-state index contributed by atoms with van der Waals surface area (Å²) in [5.74, 6) is -0.537. The summed E-state index contributed by atoms with van der Waals surface area (Å²) in [5, 5.41) is 8.66. The summed E-state index contributed by atoms with van der Waals surface area (Å²) < 4.78 is 26.5. The standard InChI is InChI=1S/C22H18N4O4S3/c1-12-14(21(28)24-7-13-8-25-22(32-13)16-10-31-11-26-16)5-6-19-20(12)23-9-15-17(27)3-2-4-18(15)33(19,29)30/h2,4-6,8,10-11,23H,3,7,9H2,1H3,(H,24,28). The number of thiazole rings is 2. The Bertz CT molecular complexity index is 1450. The molecule has 0 atom stereocenters. The van der Waals surface area contributed by atoms with Gasteiger partial charge in [0.25, 0.3) is 5.91 Å². The number of hydrogen-bond acceptors (Lipinski definition) is 9. The predicted octanol–water partition coefficient (Wildman–Crippen LogP) is 3.49. The van der Waals surface area contributed by atoms with Gasteiger partial charge in [-0.05, 0) is 30.7 Å². The molecular weight excluding hydrogens is 480 g/mol. The average Bonchev–Trinajstić information content (AvgIpc) is 3.47. The van der Waals surface area contributed by atoms with Crippen LogP contribution in [0.1, 0.15) is 27.2 Å². The van der Waals surface area contributed by atoms with Crippen LogP contribution < -0.4 is 10.6 Å². The summed E-state index contributed by atoms with van der Waals surface area (Å²) in [6.45, 7) is 2.08.